The van der Waals surface area contributed by atoms with Crippen LogP contribution in [0.15, 0.2) is 34.9 Å². The molecule has 0 heterocycles. The van der Waals surface area contributed by atoms with E-state index >= 15 is 0 Å². The third kappa shape index (κ3) is 3.87. The van der Waals surface area contributed by atoms with E-state index < -0.39 is 17.5 Å². The summed E-state index contributed by atoms with van der Waals surface area (Å²) in [6, 6.07) is 2.99. The van der Waals surface area contributed by atoms with Gasteiger partial charge in [0.15, 0.2) is 5.78 Å². The molecule has 0 fully saturated rings. The molecule has 0 saturated heterocycles. The van der Waals surface area contributed by atoms with Crippen LogP contribution in [0.5, 0.6) is 0 Å². The zero-order valence-corrected chi connectivity index (χ0v) is 11.3. The lowest BCUT2D eigenvalue weighted by Gasteiger charge is -2.09. The van der Waals surface area contributed by atoms with Crippen molar-refractivity contribution in [1.82, 2.24) is 4.90 Å². The smallest absolute Gasteiger partial charge is 0.383 e. The maximum absolute atomic E-state index is 12.5. The number of hydrogen-bond acceptors (Lipinski definition) is 2. The number of hydrogen-bond donors (Lipinski definition) is 0. The molecule has 0 aromatic heterocycles. The first kappa shape index (κ1) is 14.8. The fraction of sp³-hybridized carbons (Fsp3) is 0.250. The van der Waals surface area contributed by atoms with Crippen molar-refractivity contribution in [3.63, 3.8) is 0 Å². The highest BCUT2D eigenvalue weighted by atomic mass is 79.9. The second kappa shape index (κ2) is 5.56. The summed E-state index contributed by atoms with van der Waals surface area (Å²) in [6.45, 7) is 0. The van der Waals surface area contributed by atoms with Crippen LogP contribution in [0.4, 0.5) is 13.2 Å². The molecule has 0 amide bonds. The molecule has 98 valence electrons. The average Bonchev–Trinajstić information content (AvgIpc) is 2.24. The van der Waals surface area contributed by atoms with E-state index in [0.717, 1.165) is 12.1 Å². The summed E-state index contributed by atoms with van der Waals surface area (Å²) >= 11 is 3.07. The molecular weight excluding hydrogens is 311 g/mol. The van der Waals surface area contributed by atoms with E-state index in [1.807, 2.05) is 0 Å². The molecule has 1 aromatic carbocycles. The zero-order chi connectivity index (χ0) is 13.9. The maximum atomic E-state index is 12.5. The number of rotatable bonds is 3. The molecule has 1 aromatic rings. The summed E-state index contributed by atoms with van der Waals surface area (Å²) in [5.41, 5.74) is -0.852. The Morgan fingerprint density at radius 3 is 2.44 bits per heavy atom. The molecule has 0 aliphatic carbocycles. The lowest BCUT2D eigenvalue weighted by molar-refractivity contribution is -0.137. The van der Waals surface area contributed by atoms with Crippen LogP contribution in [0.3, 0.4) is 0 Å². The number of benzene rings is 1. The molecule has 0 bridgehead atoms. The van der Waals surface area contributed by atoms with E-state index in [9.17, 15) is 18.0 Å². The molecule has 0 spiro atoms. The number of allylic oxidation sites excluding steroid dienone is 1. The van der Waals surface area contributed by atoms with Crippen LogP contribution < -0.4 is 0 Å². The topological polar surface area (TPSA) is 20.3 Å². The van der Waals surface area contributed by atoms with Gasteiger partial charge in [-0.2, -0.15) is 13.2 Å². The minimum atomic E-state index is -4.46. The molecule has 1 rings (SSSR count). The number of nitrogens with zero attached hydrogens (tertiary/aromatic N) is 1. The largest absolute Gasteiger partial charge is 0.416 e. The lowest BCUT2D eigenvalue weighted by Crippen LogP contribution is -2.08. The Kier molecular flexibility index (Phi) is 4.56. The van der Waals surface area contributed by atoms with Gasteiger partial charge in [0.1, 0.15) is 0 Å². The van der Waals surface area contributed by atoms with Gasteiger partial charge >= 0.3 is 6.18 Å². The average molecular weight is 322 g/mol. The zero-order valence-electron chi connectivity index (χ0n) is 9.75. The predicted octanol–water partition coefficient (Wildman–Crippen LogP) is 3.73. The van der Waals surface area contributed by atoms with Crippen LogP contribution in [0.25, 0.3) is 0 Å². The highest BCUT2D eigenvalue weighted by Crippen LogP contribution is 2.32. The molecule has 0 N–H and O–H groups in total. The van der Waals surface area contributed by atoms with E-state index in [1.165, 1.54) is 18.3 Å². The molecule has 0 unspecified atom stereocenters. The van der Waals surface area contributed by atoms with Gasteiger partial charge in [-0.1, -0.05) is 15.9 Å². The van der Waals surface area contributed by atoms with Crippen molar-refractivity contribution in [3.05, 3.63) is 46.1 Å². The highest BCUT2D eigenvalue weighted by molar-refractivity contribution is 9.10. The van der Waals surface area contributed by atoms with Crippen molar-refractivity contribution in [2.45, 2.75) is 6.18 Å². The normalized spacial score (nSPS) is 11.9. The molecule has 2 nitrogen and oxygen atoms in total. The lowest BCUT2D eigenvalue weighted by atomic mass is 10.1. The first-order valence-corrected chi connectivity index (χ1v) is 5.77. The Hall–Kier alpha value is -1.30. The summed E-state index contributed by atoms with van der Waals surface area (Å²) in [5, 5.41) is 0. The summed E-state index contributed by atoms with van der Waals surface area (Å²) in [4.78, 5) is 13.4. The van der Waals surface area contributed by atoms with Gasteiger partial charge in [-0.25, -0.2) is 0 Å². The van der Waals surface area contributed by atoms with E-state index in [1.54, 1.807) is 19.0 Å². The fourth-order valence-corrected chi connectivity index (χ4v) is 1.64. The van der Waals surface area contributed by atoms with Gasteiger partial charge in [0.2, 0.25) is 0 Å². The first-order valence-electron chi connectivity index (χ1n) is 4.97. The molecule has 0 aliphatic heterocycles. The van der Waals surface area contributed by atoms with Crippen molar-refractivity contribution < 1.29 is 18.0 Å². The molecule has 0 saturated carbocycles. The van der Waals surface area contributed by atoms with Gasteiger partial charge in [-0.05, 0) is 18.2 Å². The monoisotopic (exact) mass is 321 g/mol. The van der Waals surface area contributed by atoms with Gasteiger partial charge in [0.25, 0.3) is 0 Å². The molecule has 0 aliphatic rings. The van der Waals surface area contributed by atoms with Crippen LogP contribution in [-0.4, -0.2) is 24.8 Å². The quantitative estimate of drug-likeness (QED) is 0.624. The molecular formula is C12H11BrF3NO. The van der Waals surface area contributed by atoms with Crippen LogP contribution in [-0.2, 0) is 6.18 Å². The minimum Gasteiger partial charge on any atom is -0.383 e. The van der Waals surface area contributed by atoms with Crippen molar-refractivity contribution in [3.8, 4) is 0 Å². The predicted molar refractivity (Wildman–Crippen MR) is 66.3 cm³/mol. The number of ketones is 1. The fourth-order valence-electron chi connectivity index (χ4n) is 1.20. The van der Waals surface area contributed by atoms with E-state index in [-0.39, 0.29) is 5.56 Å². The highest BCUT2D eigenvalue weighted by Gasteiger charge is 2.31. The van der Waals surface area contributed by atoms with Crippen molar-refractivity contribution in [1.29, 1.82) is 0 Å². The number of alkyl halides is 3. The molecule has 0 radical (unpaired) electrons. The van der Waals surface area contributed by atoms with Gasteiger partial charge in [0.05, 0.1) is 5.56 Å². The number of carbonyl (C=O) groups is 1. The molecule has 0 atom stereocenters. The second-order valence-electron chi connectivity index (χ2n) is 3.84. The van der Waals surface area contributed by atoms with Gasteiger partial charge < -0.3 is 4.90 Å². The van der Waals surface area contributed by atoms with E-state index in [2.05, 4.69) is 15.9 Å². The van der Waals surface area contributed by atoms with Crippen molar-refractivity contribution in [2.24, 2.45) is 0 Å². The van der Waals surface area contributed by atoms with Crippen molar-refractivity contribution in [2.75, 3.05) is 14.1 Å². The Bertz CT molecular complexity index is 481. The summed E-state index contributed by atoms with van der Waals surface area (Å²) in [7, 11) is 3.43. The Balaban J connectivity index is 3.12. The van der Waals surface area contributed by atoms with Crippen molar-refractivity contribution >= 4 is 21.7 Å². The standard InChI is InChI=1S/C12H11BrF3NO/c1-17(2)6-5-11(18)9-7-8(12(14,15)16)3-4-10(9)13/h3-7H,1-2H3/b6-5+. The Labute approximate surface area is 111 Å². The third-order valence-electron chi connectivity index (χ3n) is 2.08. The first-order chi connectivity index (χ1) is 8.21. The summed E-state index contributed by atoms with van der Waals surface area (Å²) < 4.78 is 37.9. The van der Waals surface area contributed by atoms with Gasteiger partial charge in [-0.3, -0.25) is 4.79 Å². The molecule has 18 heavy (non-hydrogen) atoms. The van der Waals surface area contributed by atoms with Crippen LogP contribution in [0.1, 0.15) is 15.9 Å². The van der Waals surface area contributed by atoms with Gasteiger partial charge in [-0.15, -0.1) is 0 Å². The second-order valence-corrected chi connectivity index (χ2v) is 4.69. The maximum Gasteiger partial charge on any atom is 0.416 e. The van der Waals surface area contributed by atoms with Crippen LogP contribution in [0.2, 0.25) is 0 Å². The summed E-state index contributed by atoms with van der Waals surface area (Å²) in [5.74, 6) is -0.485. The number of carbonyl (C=O) groups excluding carboxylic acids is 1. The van der Waals surface area contributed by atoms with Gasteiger partial charge in [0, 0.05) is 36.4 Å². The van der Waals surface area contributed by atoms with E-state index in [0.29, 0.717) is 4.47 Å². The third-order valence-corrected chi connectivity index (χ3v) is 2.77. The molecule has 6 heteroatoms. The SMILES string of the molecule is CN(C)/C=C/C(=O)c1cc(C(F)(F)F)ccc1Br. The van der Waals surface area contributed by atoms with Crippen LogP contribution >= 0.6 is 15.9 Å². The number of halogens is 4. The Morgan fingerprint density at radius 2 is 1.94 bits per heavy atom. The van der Waals surface area contributed by atoms with Crippen LogP contribution in [0, 0.1) is 0 Å². The summed E-state index contributed by atoms with van der Waals surface area (Å²) in [6.07, 6.45) is -1.75. The van der Waals surface area contributed by atoms with E-state index in [4.69, 9.17) is 0 Å². The Morgan fingerprint density at radius 1 is 1.33 bits per heavy atom. The minimum absolute atomic E-state index is 0.0112.